The van der Waals surface area contributed by atoms with E-state index in [0.717, 1.165) is 0 Å². The first-order valence-electron chi connectivity index (χ1n) is 6.53. The molecule has 110 valence electrons. The van der Waals surface area contributed by atoms with E-state index in [-0.39, 0.29) is 0 Å². The van der Waals surface area contributed by atoms with Gasteiger partial charge >= 0.3 is 11.8 Å². The minimum absolute atomic E-state index is 0.504. The van der Waals surface area contributed by atoms with E-state index >= 15 is 0 Å². The predicted octanol–water partition coefficient (Wildman–Crippen LogP) is -1.10. The number of rotatable bonds is 4. The van der Waals surface area contributed by atoms with Crippen LogP contribution < -0.4 is 10.6 Å². The lowest BCUT2D eigenvalue weighted by Gasteiger charge is -2.26. The maximum Gasteiger partial charge on any atom is 0.313 e. The Hall–Kier alpha value is -1.93. The molecule has 1 fully saturated rings. The van der Waals surface area contributed by atoms with Gasteiger partial charge < -0.3 is 20.3 Å². The molecule has 0 unspecified atom stereocenters. The number of anilines is 1. The van der Waals surface area contributed by atoms with Crippen molar-refractivity contribution in [3.63, 3.8) is 0 Å². The first kappa shape index (κ1) is 14.5. The lowest BCUT2D eigenvalue weighted by Crippen LogP contribution is -2.49. The van der Waals surface area contributed by atoms with Crippen LogP contribution in [-0.4, -0.2) is 66.4 Å². The van der Waals surface area contributed by atoms with Crippen LogP contribution in [0.2, 0.25) is 0 Å². The summed E-state index contributed by atoms with van der Waals surface area (Å²) in [7, 11) is 1.61. The topological polar surface area (TPSA) is 88.5 Å². The zero-order valence-electron chi connectivity index (χ0n) is 11.5. The van der Waals surface area contributed by atoms with E-state index in [1.165, 1.54) is 6.20 Å². The number of carbonyl (C=O) groups is 2. The molecule has 1 aliphatic rings. The van der Waals surface area contributed by atoms with Crippen molar-refractivity contribution in [1.29, 1.82) is 0 Å². The Kier molecular flexibility index (Phi) is 5.08. The number of methoxy groups -OCH3 is 1. The van der Waals surface area contributed by atoms with Crippen molar-refractivity contribution < 1.29 is 14.3 Å². The molecular formula is C12H19N5O3. The molecule has 20 heavy (non-hydrogen) atoms. The van der Waals surface area contributed by atoms with Crippen molar-refractivity contribution in [2.24, 2.45) is 0 Å². The highest BCUT2D eigenvalue weighted by atomic mass is 16.5. The van der Waals surface area contributed by atoms with Crippen LogP contribution in [0.5, 0.6) is 0 Å². The standard InChI is InChI=1S/C12H19N5O3/c1-20-7-6-17-9-10(8-14-17)15-11(18)12(19)16-4-2-13-3-5-16/h8-9,13H,2-7H2,1H3,(H,15,18). The highest BCUT2D eigenvalue weighted by molar-refractivity contribution is 6.39. The molecule has 1 aromatic rings. The number of ether oxygens (including phenoxy) is 1. The fourth-order valence-electron chi connectivity index (χ4n) is 1.93. The first-order chi connectivity index (χ1) is 9.70. The van der Waals surface area contributed by atoms with Crippen molar-refractivity contribution in [2.45, 2.75) is 6.54 Å². The number of nitrogens with zero attached hydrogens (tertiary/aromatic N) is 3. The van der Waals surface area contributed by atoms with Crippen LogP contribution in [-0.2, 0) is 20.9 Å². The number of hydrogen-bond acceptors (Lipinski definition) is 5. The SMILES string of the molecule is COCCn1cc(NC(=O)C(=O)N2CCNCC2)cn1. The van der Waals surface area contributed by atoms with Crippen LogP contribution in [0.1, 0.15) is 0 Å². The predicted molar refractivity (Wildman–Crippen MR) is 72.2 cm³/mol. The largest absolute Gasteiger partial charge is 0.383 e. The average Bonchev–Trinajstić information content (AvgIpc) is 2.92. The summed E-state index contributed by atoms with van der Waals surface area (Å²) in [6.45, 7) is 3.67. The van der Waals surface area contributed by atoms with E-state index in [9.17, 15) is 9.59 Å². The third kappa shape index (κ3) is 3.78. The van der Waals surface area contributed by atoms with E-state index in [1.54, 1.807) is 22.9 Å². The van der Waals surface area contributed by atoms with Crippen LogP contribution in [0.15, 0.2) is 12.4 Å². The molecule has 0 bridgehead atoms. The summed E-state index contributed by atoms with van der Waals surface area (Å²) in [6, 6.07) is 0. The van der Waals surface area contributed by atoms with E-state index < -0.39 is 11.8 Å². The molecule has 8 heteroatoms. The third-order valence-electron chi connectivity index (χ3n) is 3.01. The lowest BCUT2D eigenvalue weighted by atomic mass is 10.3. The van der Waals surface area contributed by atoms with Crippen LogP contribution in [0.3, 0.4) is 0 Å². The van der Waals surface area contributed by atoms with Gasteiger partial charge in [-0.3, -0.25) is 14.3 Å². The van der Waals surface area contributed by atoms with Gasteiger partial charge in [-0.1, -0.05) is 0 Å². The molecule has 0 aliphatic carbocycles. The fourth-order valence-corrected chi connectivity index (χ4v) is 1.93. The Morgan fingerprint density at radius 3 is 2.90 bits per heavy atom. The summed E-state index contributed by atoms with van der Waals surface area (Å²) in [5.41, 5.74) is 0.509. The van der Waals surface area contributed by atoms with Crippen LogP contribution in [0.25, 0.3) is 0 Å². The third-order valence-corrected chi connectivity index (χ3v) is 3.01. The van der Waals surface area contributed by atoms with Crippen molar-refractivity contribution >= 4 is 17.5 Å². The minimum Gasteiger partial charge on any atom is -0.383 e. The monoisotopic (exact) mass is 281 g/mol. The highest BCUT2D eigenvalue weighted by Gasteiger charge is 2.23. The normalized spacial score (nSPS) is 15.2. The second kappa shape index (κ2) is 7.01. The summed E-state index contributed by atoms with van der Waals surface area (Å²) < 4.78 is 6.59. The molecule has 1 saturated heterocycles. The van der Waals surface area contributed by atoms with E-state index in [1.807, 2.05) is 0 Å². The van der Waals surface area contributed by atoms with Crippen molar-refractivity contribution in [3.05, 3.63) is 12.4 Å². The van der Waals surface area contributed by atoms with Gasteiger partial charge in [0.15, 0.2) is 0 Å². The molecule has 2 heterocycles. The Labute approximate surface area is 117 Å². The van der Waals surface area contributed by atoms with Crippen LogP contribution in [0, 0.1) is 0 Å². The van der Waals surface area contributed by atoms with Gasteiger partial charge in [0.2, 0.25) is 0 Å². The first-order valence-corrected chi connectivity index (χ1v) is 6.53. The Morgan fingerprint density at radius 1 is 1.45 bits per heavy atom. The van der Waals surface area contributed by atoms with Gasteiger partial charge in [-0.15, -0.1) is 0 Å². The van der Waals surface area contributed by atoms with Gasteiger partial charge in [-0.05, 0) is 0 Å². The van der Waals surface area contributed by atoms with Crippen LogP contribution in [0.4, 0.5) is 5.69 Å². The fraction of sp³-hybridized carbons (Fsp3) is 0.583. The molecule has 0 saturated carbocycles. The molecule has 2 amide bonds. The average molecular weight is 281 g/mol. The summed E-state index contributed by atoms with van der Waals surface area (Å²) in [5.74, 6) is -1.13. The van der Waals surface area contributed by atoms with E-state index in [4.69, 9.17) is 4.74 Å². The number of aromatic nitrogens is 2. The Bertz CT molecular complexity index is 467. The van der Waals surface area contributed by atoms with Gasteiger partial charge in [0.05, 0.1) is 25.0 Å². The zero-order chi connectivity index (χ0) is 14.4. The number of hydrogen-bond donors (Lipinski definition) is 2. The number of carbonyl (C=O) groups excluding carboxylic acids is 2. The summed E-state index contributed by atoms with van der Waals surface area (Å²) >= 11 is 0. The molecular weight excluding hydrogens is 262 g/mol. The van der Waals surface area contributed by atoms with Gasteiger partial charge in [0.25, 0.3) is 0 Å². The van der Waals surface area contributed by atoms with Gasteiger partial charge in [0.1, 0.15) is 0 Å². The number of nitrogens with one attached hydrogen (secondary N) is 2. The Balaban J connectivity index is 1.86. The Morgan fingerprint density at radius 2 is 2.20 bits per heavy atom. The second-order valence-corrected chi connectivity index (χ2v) is 4.48. The maximum absolute atomic E-state index is 11.9. The quantitative estimate of drug-likeness (QED) is 0.684. The molecule has 1 aromatic heterocycles. The van der Waals surface area contributed by atoms with Crippen molar-refractivity contribution in [3.8, 4) is 0 Å². The summed E-state index contributed by atoms with van der Waals surface area (Å²) in [4.78, 5) is 25.3. The van der Waals surface area contributed by atoms with E-state index in [2.05, 4.69) is 15.7 Å². The van der Waals surface area contributed by atoms with Crippen molar-refractivity contribution in [2.75, 3.05) is 45.2 Å². The summed E-state index contributed by atoms with van der Waals surface area (Å²) in [6.07, 6.45) is 3.18. The molecule has 1 aliphatic heterocycles. The molecule has 0 atom stereocenters. The van der Waals surface area contributed by atoms with Gasteiger partial charge in [0, 0.05) is 39.5 Å². The zero-order valence-corrected chi connectivity index (χ0v) is 11.5. The smallest absolute Gasteiger partial charge is 0.313 e. The van der Waals surface area contributed by atoms with E-state index in [0.29, 0.717) is 45.0 Å². The molecule has 0 spiro atoms. The molecule has 0 radical (unpaired) electrons. The maximum atomic E-state index is 11.9. The second-order valence-electron chi connectivity index (χ2n) is 4.48. The van der Waals surface area contributed by atoms with Gasteiger partial charge in [-0.25, -0.2) is 0 Å². The lowest BCUT2D eigenvalue weighted by molar-refractivity contribution is -0.143. The number of amides is 2. The highest BCUT2D eigenvalue weighted by Crippen LogP contribution is 2.05. The molecule has 2 N–H and O–H groups in total. The summed E-state index contributed by atoms with van der Waals surface area (Å²) in [5, 5.41) is 9.76. The van der Waals surface area contributed by atoms with Gasteiger partial charge in [-0.2, -0.15) is 5.10 Å². The van der Waals surface area contributed by atoms with Crippen molar-refractivity contribution in [1.82, 2.24) is 20.0 Å². The van der Waals surface area contributed by atoms with Crippen LogP contribution >= 0.6 is 0 Å². The molecule has 0 aromatic carbocycles. The minimum atomic E-state index is -0.627. The number of piperazine rings is 1. The molecule has 2 rings (SSSR count). The molecule has 8 nitrogen and oxygen atoms in total.